The number of piperazine rings is 1. The van der Waals surface area contributed by atoms with Gasteiger partial charge in [-0.05, 0) is 36.0 Å². The highest BCUT2D eigenvalue weighted by Gasteiger charge is 2.33. The number of amides is 1. The van der Waals surface area contributed by atoms with E-state index in [1.54, 1.807) is 0 Å². The van der Waals surface area contributed by atoms with Crippen molar-refractivity contribution >= 4 is 5.91 Å². The van der Waals surface area contributed by atoms with E-state index in [0.717, 1.165) is 24.9 Å². The first-order valence-electron chi connectivity index (χ1n) is 11.1. The molecule has 1 heterocycles. The fourth-order valence-corrected chi connectivity index (χ4v) is 4.41. The summed E-state index contributed by atoms with van der Waals surface area (Å²) in [6, 6.07) is 30.7. The average Bonchev–Trinajstić information content (AvgIpc) is 2.81. The van der Waals surface area contributed by atoms with E-state index in [-0.39, 0.29) is 18.0 Å². The van der Waals surface area contributed by atoms with Crippen molar-refractivity contribution in [2.24, 2.45) is 5.73 Å². The Morgan fingerprint density at radius 1 is 0.839 bits per heavy atom. The van der Waals surface area contributed by atoms with Gasteiger partial charge in [0.25, 0.3) is 0 Å². The summed E-state index contributed by atoms with van der Waals surface area (Å²) in [5, 5.41) is 3.68. The maximum absolute atomic E-state index is 13.5. The lowest BCUT2D eigenvalue weighted by Crippen LogP contribution is -2.62. The number of hydrogen-bond acceptors (Lipinski definition) is 3. The van der Waals surface area contributed by atoms with Crippen LogP contribution in [0.25, 0.3) is 0 Å². The third-order valence-electron chi connectivity index (χ3n) is 6.04. The maximum atomic E-state index is 13.5. The molecule has 4 rings (SSSR count). The third-order valence-corrected chi connectivity index (χ3v) is 6.04. The number of nitrogens with zero attached hydrogens (tertiary/aromatic N) is 1. The highest BCUT2D eigenvalue weighted by molar-refractivity contribution is 5.82. The van der Waals surface area contributed by atoms with E-state index in [2.05, 4.69) is 53.8 Å². The van der Waals surface area contributed by atoms with Gasteiger partial charge in [0.15, 0.2) is 0 Å². The van der Waals surface area contributed by atoms with Crippen LogP contribution in [0.15, 0.2) is 91.0 Å². The van der Waals surface area contributed by atoms with Crippen LogP contribution < -0.4 is 11.1 Å². The fourth-order valence-electron chi connectivity index (χ4n) is 4.41. The molecule has 0 aromatic heterocycles. The highest BCUT2D eigenvalue weighted by Crippen LogP contribution is 2.17. The molecule has 31 heavy (non-hydrogen) atoms. The number of rotatable bonds is 7. The lowest BCUT2D eigenvalue weighted by molar-refractivity contribution is -0.136. The maximum Gasteiger partial charge on any atom is 0.240 e. The van der Waals surface area contributed by atoms with Crippen molar-refractivity contribution in [3.63, 3.8) is 0 Å². The van der Waals surface area contributed by atoms with E-state index in [1.165, 1.54) is 11.1 Å². The van der Waals surface area contributed by atoms with Crippen molar-refractivity contribution in [3.05, 3.63) is 108 Å². The molecule has 1 fully saturated rings. The van der Waals surface area contributed by atoms with Crippen molar-refractivity contribution in [3.8, 4) is 0 Å². The van der Waals surface area contributed by atoms with Crippen LogP contribution in [0, 0.1) is 0 Å². The van der Waals surface area contributed by atoms with Gasteiger partial charge in [-0.25, -0.2) is 0 Å². The van der Waals surface area contributed by atoms with E-state index in [1.807, 2.05) is 47.4 Å². The Labute approximate surface area is 185 Å². The number of carbonyl (C=O) groups is 1. The topological polar surface area (TPSA) is 58.4 Å². The van der Waals surface area contributed by atoms with Crippen LogP contribution in [-0.4, -0.2) is 42.0 Å². The molecule has 0 spiro atoms. The molecule has 4 heteroatoms. The lowest BCUT2D eigenvalue weighted by Gasteiger charge is -2.42. The number of hydrogen-bond donors (Lipinski definition) is 2. The molecule has 0 saturated carbocycles. The monoisotopic (exact) mass is 413 g/mol. The second kappa shape index (κ2) is 10.4. The van der Waals surface area contributed by atoms with Crippen molar-refractivity contribution in [1.29, 1.82) is 0 Å². The zero-order chi connectivity index (χ0) is 21.5. The van der Waals surface area contributed by atoms with Gasteiger partial charge in [-0.3, -0.25) is 4.79 Å². The predicted molar refractivity (Wildman–Crippen MR) is 126 cm³/mol. The molecule has 1 aliphatic rings. The summed E-state index contributed by atoms with van der Waals surface area (Å²) in [5.41, 5.74) is 10.0. The number of nitrogens with one attached hydrogen (secondary N) is 1. The van der Waals surface area contributed by atoms with Gasteiger partial charge < -0.3 is 16.0 Å². The van der Waals surface area contributed by atoms with Gasteiger partial charge in [0, 0.05) is 25.2 Å². The normalized spacial score (nSPS) is 19.7. The second-order valence-electron chi connectivity index (χ2n) is 8.43. The van der Waals surface area contributed by atoms with Gasteiger partial charge in [0.1, 0.15) is 0 Å². The van der Waals surface area contributed by atoms with Gasteiger partial charge in [0.05, 0.1) is 6.04 Å². The Balaban J connectivity index is 1.49. The van der Waals surface area contributed by atoms with E-state index < -0.39 is 6.04 Å². The molecule has 1 amide bonds. The van der Waals surface area contributed by atoms with Gasteiger partial charge in [0.2, 0.25) is 5.91 Å². The summed E-state index contributed by atoms with van der Waals surface area (Å²) in [6.07, 6.45) is 2.29. The fraction of sp³-hybridized carbons (Fsp3) is 0.296. The van der Waals surface area contributed by atoms with Crippen molar-refractivity contribution in [2.75, 3.05) is 13.1 Å². The van der Waals surface area contributed by atoms with Gasteiger partial charge >= 0.3 is 0 Å². The Kier molecular flexibility index (Phi) is 7.13. The zero-order valence-electron chi connectivity index (χ0n) is 17.9. The minimum Gasteiger partial charge on any atom is -0.335 e. The minimum atomic E-state index is -0.531. The Morgan fingerprint density at radius 2 is 1.35 bits per heavy atom. The summed E-state index contributed by atoms with van der Waals surface area (Å²) < 4.78 is 0. The number of nitrogens with two attached hydrogens (primary N) is 1. The third kappa shape index (κ3) is 5.81. The van der Waals surface area contributed by atoms with E-state index in [4.69, 9.17) is 5.73 Å². The summed E-state index contributed by atoms with van der Waals surface area (Å²) in [7, 11) is 0. The Morgan fingerprint density at radius 3 is 1.94 bits per heavy atom. The van der Waals surface area contributed by atoms with Gasteiger partial charge in [-0.2, -0.15) is 0 Å². The predicted octanol–water partition coefficient (Wildman–Crippen LogP) is 3.21. The van der Waals surface area contributed by atoms with Crippen molar-refractivity contribution in [1.82, 2.24) is 10.2 Å². The second-order valence-corrected chi connectivity index (χ2v) is 8.43. The van der Waals surface area contributed by atoms with E-state index >= 15 is 0 Å². The summed E-state index contributed by atoms with van der Waals surface area (Å²) in [4.78, 5) is 15.5. The lowest BCUT2D eigenvalue weighted by atomic mass is 9.96. The van der Waals surface area contributed by atoms with Crippen LogP contribution in [0.4, 0.5) is 0 Å². The standard InChI is InChI=1S/C27H31N3O/c28-26(18-23-14-8-3-9-15-23)27(31)30-20-24(16-21-10-4-1-5-11-21)29-19-25(30)17-22-12-6-2-7-13-22/h1-15,24-26,29H,16-20,28H2/t24-,25+,26?/m1/s1. The molecule has 0 aliphatic carbocycles. The molecule has 3 atom stereocenters. The zero-order valence-corrected chi connectivity index (χ0v) is 17.9. The molecule has 0 radical (unpaired) electrons. The molecule has 3 N–H and O–H groups in total. The molecule has 1 aliphatic heterocycles. The molecular formula is C27H31N3O. The largest absolute Gasteiger partial charge is 0.335 e. The molecule has 160 valence electrons. The minimum absolute atomic E-state index is 0.0457. The van der Waals surface area contributed by atoms with Crippen LogP contribution in [-0.2, 0) is 24.1 Å². The molecule has 0 bridgehead atoms. The quantitative estimate of drug-likeness (QED) is 0.625. The first-order valence-corrected chi connectivity index (χ1v) is 11.1. The SMILES string of the molecule is NC(Cc1ccccc1)C(=O)N1C[C@@H](Cc2ccccc2)NC[C@@H]1Cc1ccccc1. The van der Waals surface area contributed by atoms with Crippen molar-refractivity contribution < 1.29 is 4.79 Å². The van der Waals surface area contributed by atoms with E-state index in [9.17, 15) is 4.79 Å². The van der Waals surface area contributed by atoms with Crippen LogP contribution in [0.2, 0.25) is 0 Å². The number of benzene rings is 3. The van der Waals surface area contributed by atoms with E-state index in [0.29, 0.717) is 13.0 Å². The summed E-state index contributed by atoms with van der Waals surface area (Å²) >= 11 is 0. The molecule has 4 nitrogen and oxygen atoms in total. The molecule has 3 aromatic rings. The molecule has 1 unspecified atom stereocenters. The van der Waals surface area contributed by atoms with Gasteiger partial charge in [-0.15, -0.1) is 0 Å². The first-order chi connectivity index (χ1) is 15.2. The summed E-state index contributed by atoms with van der Waals surface area (Å²) in [6.45, 7) is 1.45. The highest BCUT2D eigenvalue weighted by atomic mass is 16.2. The number of carbonyl (C=O) groups excluding carboxylic acids is 1. The van der Waals surface area contributed by atoms with Crippen LogP contribution in [0.1, 0.15) is 16.7 Å². The Hall–Kier alpha value is -2.95. The Bertz CT molecular complexity index is 946. The first kappa shape index (κ1) is 21.3. The summed E-state index contributed by atoms with van der Waals surface area (Å²) in [5.74, 6) is 0.0457. The van der Waals surface area contributed by atoms with Crippen LogP contribution >= 0.6 is 0 Å². The smallest absolute Gasteiger partial charge is 0.240 e. The molecule has 3 aromatic carbocycles. The molecule has 1 saturated heterocycles. The molecular weight excluding hydrogens is 382 g/mol. The average molecular weight is 414 g/mol. The van der Waals surface area contributed by atoms with Crippen LogP contribution in [0.3, 0.4) is 0 Å². The van der Waals surface area contributed by atoms with Crippen molar-refractivity contribution in [2.45, 2.75) is 37.4 Å². The van der Waals surface area contributed by atoms with Gasteiger partial charge in [-0.1, -0.05) is 91.0 Å². The van der Waals surface area contributed by atoms with Crippen LogP contribution in [0.5, 0.6) is 0 Å².